The zero-order chi connectivity index (χ0) is 20.4. The molecule has 1 aliphatic rings. The molecule has 1 fully saturated rings. The minimum atomic E-state index is -1.07. The van der Waals surface area contributed by atoms with Crippen molar-refractivity contribution in [2.24, 2.45) is 0 Å². The summed E-state index contributed by atoms with van der Waals surface area (Å²) in [7, 11) is 0. The summed E-state index contributed by atoms with van der Waals surface area (Å²) in [6, 6.07) is 14.9. The highest BCUT2D eigenvalue weighted by molar-refractivity contribution is 5.89. The maximum absolute atomic E-state index is 12.3. The molecule has 150 valence electrons. The van der Waals surface area contributed by atoms with Crippen LogP contribution in [0.5, 0.6) is 5.75 Å². The monoisotopic (exact) mass is 389 g/mol. The molecule has 1 aromatic heterocycles. The van der Waals surface area contributed by atoms with Crippen LogP contribution in [0.2, 0.25) is 0 Å². The fourth-order valence-electron chi connectivity index (χ4n) is 3.76. The van der Waals surface area contributed by atoms with Gasteiger partial charge in [-0.25, -0.2) is 4.79 Å². The number of esters is 1. The summed E-state index contributed by atoms with van der Waals surface area (Å²) < 4.78 is 11.2. The number of rotatable bonds is 7. The Hall–Kier alpha value is -2.88. The third-order valence-corrected chi connectivity index (χ3v) is 5.44. The Morgan fingerprint density at radius 3 is 2.55 bits per heavy atom. The summed E-state index contributed by atoms with van der Waals surface area (Å²) in [5.74, 6) is 0.993. The lowest BCUT2D eigenvalue weighted by Gasteiger charge is -2.25. The van der Waals surface area contributed by atoms with E-state index in [2.05, 4.69) is 41.4 Å². The number of carbonyl (C=O) groups is 1. The number of fused-ring (bicyclic) bond motifs is 1. The molecule has 4 rings (SSSR count). The molecule has 0 bridgehead atoms. The van der Waals surface area contributed by atoms with Gasteiger partial charge in [0, 0.05) is 24.4 Å². The molecule has 4 heteroatoms. The highest BCUT2D eigenvalue weighted by Gasteiger charge is 2.32. The number of hydrogen-bond acceptors (Lipinski definition) is 4. The van der Waals surface area contributed by atoms with E-state index < -0.39 is 5.60 Å². The Balaban J connectivity index is 1.66. The topological polar surface area (TPSA) is 48.4 Å². The van der Waals surface area contributed by atoms with Gasteiger partial charge in [-0.05, 0) is 67.5 Å². The average Bonchev–Trinajstić information content (AvgIpc) is 3.55. The van der Waals surface area contributed by atoms with Crippen LogP contribution in [0, 0.1) is 0 Å². The first-order valence-corrected chi connectivity index (χ1v) is 10.3. The summed E-state index contributed by atoms with van der Waals surface area (Å²) in [5.41, 5.74) is 2.57. The number of pyridine rings is 1. The molecule has 0 radical (unpaired) electrons. The first-order chi connectivity index (χ1) is 14.0. The van der Waals surface area contributed by atoms with Gasteiger partial charge in [-0.15, -0.1) is 0 Å². The van der Waals surface area contributed by atoms with Crippen molar-refractivity contribution in [3.05, 3.63) is 71.5 Å². The molecular weight excluding hydrogens is 362 g/mol. The summed E-state index contributed by atoms with van der Waals surface area (Å²) in [5, 5.41) is 2.61. The van der Waals surface area contributed by atoms with E-state index in [1.54, 1.807) is 27.0 Å². The molecule has 1 aliphatic carbocycles. The van der Waals surface area contributed by atoms with Crippen molar-refractivity contribution in [1.82, 2.24) is 4.98 Å². The number of ether oxygens (including phenoxy) is 2. The second-order valence-corrected chi connectivity index (χ2v) is 8.13. The van der Waals surface area contributed by atoms with Gasteiger partial charge in [0.2, 0.25) is 0 Å². The third kappa shape index (κ3) is 4.12. The number of aromatic nitrogens is 1. The molecular formula is C25H27NO3. The summed E-state index contributed by atoms with van der Waals surface area (Å²) in [6.07, 6.45) is 6.77. The number of benzene rings is 2. The first kappa shape index (κ1) is 19.4. The molecule has 0 N–H and O–H groups in total. The summed E-state index contributed by atoms with van der Waals surface area (Å²) >= 11 is 0. The lowest BCUT2D eigenvalue weighted by Crippen LogP contribution is -2.40. The Labute approximate surface area is 171 Å². The average molecular weight is 389 g/mol. The molecule has 0 unspecified atom stereocenters. The molecule has 0 amide bonds. The second kappa shape index (κ2) is 7.86. The molecule has 0 aliphatic heterocycles. The van der Waals surface area contributed by atoms with E-state index in [1.807, 2.05) is 12.3 Å². The summed E-state index contributed by atoms with van der Waals surface area (Å²) in [4.78, 5) is 16.6. The second-order valence-electron chi connectivity index (χ2n) is 8.13. The lowest BCUT2D eigenvalue weighted by atomic mass is 9.94. The minimum absolute atomic E-state index is 0.328. The van der Waals surface area contributed by atoms with Crippen LogP contribution in [-0.4, -0.2) is 23.2 Å². The van der Waals surface area contributed by atoms with Crippen LogP contribution < -0.4 is 4.74 Å². The Bertz CT molecular complexity index is 1040. The number of nitrogens with zero attached hydrogens (tertiary/aromatic N) is 1. The molecule has 2 aromatic carbocycles. The minimum Gasteiger partial charge on any atom is -0.476 e. The van der Waals surface area contributed by atoms with Crippen molar-refractivity contribution < 1.29 is 14.3 Å². The Morgan fingerprint density at radius 1 is 1.07 bits per heavy atom. The van der Waals surface area contributed by atoms with Gasteiger partial charge >= 0.3 is 5.97 Å². The van der Waals surface area contributed by atoms with E-state index in [4.69, 9.17) is 9.47 Å². The van der Waals surface area contributed by atoms with E-state index >= 15 is 0 Å². The van der Waals surface area contributed by atoms with Crippen molar-refractivity contribution in [3.63, 3.8) is 0 Å². The Morgan fingerprint density at radius 2 is 1.83 bits per heavy atom. The molecule has 0 spiro atoms. The fourth-order valence-corrected chi connectivity index (χ4v) is 3.76. The third-order valence-electron chi connectivity index (χ3n) is 5.44. The van der Waals surface area contributed by atoms with Crippen molar-refractivity contribution in [1.29, 1.82) is 0 Å². The van der Waals surface area contributed by atoms with Crippen molar-refractivity contribution >= 4 is 16.7 Å². The van der Waals surface area contributed by atoms with Gasteiger partial charge in [-0.3, -0.25) is 4.98 Å². The zero-order valence-electron chi connectivity index (χ0n) is 17.3. The predicted octanol–water partition coefficient (Wildman–Crippen LogP) is 5.42. The van der Waals surface area contributed by atoms with Gasteiger partial charge in [0.05, 0.1) is 6.61 Å². The molecule has 0 atom stereocenters. The lowest BCUT2D eigenvalue weighted by molar-refractivity contribution is -0.158. The van der Waals surface area contributed by atoms with E-state index in [9.17, 15) is 4.79 Å². The van der Waals surface area contributed by atoms with Gasteiger partial charge in [0.25, 0.3) is 0 Å². The largest absolute Gasteiger partial charge is 0.476 e. The van der Waals surface area contributed by atoms with Crippen LogP contribution in [-0.2, 0) is 16.0 Å². The van der Waals surface area contributed by atoms with Crippen LogP contribution in [0.25, 0.3) is 10.8 Å². The van der Waals surface area contributed by atoms with E-state index in [1.165, 1.54) is 34.7 Å². The van der Waals surface area contributed by atoms with Crippen molar-refractivity contribution in [2.75, 3.05) is 6.61 Å². The van der Waals surface area contributed by atoms with Crippen LogP contribution in [0.1, 0.15) is 56.2 Å². The highest BCUT2D eigenvalue weighted by Crippen LogP contribution is 2.44. The number of hydrogen-bond donors (Lipinski definition) is 0. The van der Waals surface area contributed by atoms with Crippen LogP contribution in [0.3, 0.4) is 0 Å². The Kier molecular flexibility index (Phi) is 5.27. The van der Waals surface area contributed by atoms with E-state index in [0.29, 0.717) is 24.7 Å². The molecule has 4 nitrogen and oxygen atoms in total. The fraction of sp³-hybridized carbons (Fsp3) is 0.360. The molecule has 1 heterocycles. The van der Waals surface area contributed by atoms with E-state index in [0.717, 1.165) is 5.56 Å². The number of carbonyl (C=O) groups excluding carboxylic acids is 1. The molecule has 1 saturated carbocycles. The summed E-state index contributed by atoms with van der Waals surface area (Å²) in [6.45, 7) is 5.58. The van der Waals surface area contributed by atoms with Gasteiger partial charge in [-0.1, -0.05) is 36.4 Å². The van der Waals surface area contributed by atoms with Gasteiger partial charge < -0.3 is 9.47 Å². The predicted molar refractivity (Wildman–Crippen MR) is 114 cm³/mol. The maximum Gasteiger partial charge on any atom is 0.349 e. The molecule has 3 aromatic rings. The first-order valence-electron chi connectivity index (χ1n) is 10.3. The van der Waals surface area contributed by atoms with Crippen molar-refractivity contribution in [3.8, 4) is 5.75 Å². The molecule has 0 saturated heterocycles. The normalized spacial score (nSPS) is 14.0. The van der Waals surface area contributed by atoms with Crippen LogP contribution in [0.4, 0.5) is 0 Å². The van der Waals surface area contributed by atoms with Gasteiger partial charge in [-0.2, -0.15) is 0 Å². The van der Waals surface area contributed by atoms with Gasteiger partial charge in [0.15, 0.2) is 5.60 Å². The highest BCUT2D eigenvalue weighted by atomic mass is 16.6. The smallest absolute Gasteiger partial charge is 0.349 e. The van der Waals surface area contributed by atoms with Crippen LogP contribution in [0.15, 0.2) is 54.9 Å². The molecule has 29 heavy (non-hydrogen) atoms. The maximum atomic E-state index is 12.3. The van der Waals surface area contributed by atoms with Crippen LogP contribution >= 0.6 is 0 Å². The SMILES string of the molecule is CCOC(=O)C(C)(C)Oc1ccncc1Cc1ccc(C2CC2)c2ccccc12. The standard InChI is InChI=1S/C25H27NO3/c1-4-28-24(27)25(2,3)29-23-13-14-26-16-19(23)15-18-11-12-21(17-9-10-17)22-8-6-5-7-20(18)22/h5-8,11-14,16-17H,4,9-10,15H2,1-3H3. The van der Waals surface area contributed by atoms with Crippen molar-refractivity contribution in [2.45, 2.75) is 51.6 Å². The van der Waals surface area contributed by atoms with Gasteiger partial charge in [0.1, 0.15) is 5.75 Å². The zero-order valence-corrected chi connectivity index (χ0v) is 17.3. The quantitative estimate of drug-likeness (QED) is 0.506. The van der Waals surface area contributed by atoms with E-state index in [-0.39, 0.29) is 5.97 Å².